The van der Waals surface area contributed by atoms with E-state index in [0.29, 0.717) is 13.9 Å². The molecule has 1 aromatic carbocycles. The first-order valence-corrected chi connectivity index (χ1v) is 5.57. The fourth-order valence-electron chi connectivity index (χ4n) is 1.04. The van der Waals surface area contributed by atoms with Crippen molar-refractivity contribution < 1.29 is 4.42 Å². The van der Waals surface area contributed by atoms with E-state index in [4.69, 9.17) is 27.6 Å². The molecular weight excluding hydrogens is 336 g/mol. The van der Waals surface area contributed by atoms with E-state index in [-0.39, 0.29) is 0 Å². The van der Waals surface area contributed by atoms with Crippen molar-refractivity contribution in [2.24, 2.45) is 0 Å². The summed E-state index contributed by atoms with van der Waals surface area (Å²) in [4.78, 5) is 4.17. The Hall–Kier alpha value is -0.260. The van der Waals surface area contributed by atoms with E-state index in [0.717, 1.165) is 11.3 Å². The molecule has 2 rings (SSSR count). The molecule has 0 bridgehead atoms. The zero-order chi connectivity index (χ0) is 10.1. The summed E-state index contributed by atoms with van der Waals surface area (Å²) in [6.45, 7) is 0. The maximum atomic E-state index is 5.88. The molecule has 5 heteroatoms. The number of aromatic nitrogens is 1. The van der Waals surface area contributed by atoms with Crippen molar-refractivity contribution in [3.8, 4) is 11.3 Å². The Balaban J connectivity index is 2.47. The van der Waals surface area contributed by atoms with Gasteiger partial charge in [-0.2, -0.15) is 0 Å². The summed E-state index contributed by atoms with van der Waals surface area (Å²) >= 11 is 13.7. The number of hydrogen-bond donors (Lipinski definition) is 0. The van der Waals surface area contributed by atoms with E-state index >= 15 is 0 Å². The Labute approximate surface area is 104 Å². The van der Waals surface area contributed by atoms with Gasteiger partial charge in [-0.25, -0.2) is 4.98 Å². The molecule has 2 nitrogen and oxygen atoms in total. The standard InChI is InChI=1S/C9H4Cl2INO/c10-6-2-1-5(3-7(6)11)8-4-14-9(12)13-8/h1-4H. The second kappa shape index (κ2) is 4.08. The Kier molecular flexibility index (Phi) is 2.99. The fraction of sp³-hybridized carbons (Fsp3) is 0. The van der Waals surface area contributed by atoms with Gasteiger partial charge in [0.2, 0.25) is 0 Å². The fourth-order valence-corrected chi connectivity index (χ4v) is 1.72. The minimum atomic E-state index is 0.516. The summed E-state index contributed by atoms with van der Waals surface area (Å²) in [5.41, 5.74) is 1.65. The second-order valence-corrected chi connectivity index (χ2v) is 4.35. The summed E-state index contributed by atoms with van der Waals surface area (Å²) in [6.07, 6.45) is 1.58. The van der Waals surface area contributed by atoms with Crippen LogP contribution in [0.5, 0.6) is 0 Å². The average molecular weight is 340 g/mol. The number of rotatable bonds is 1. The first kappa shape index (κ1) is 10.3. The molecule has 1 aromatic heterocycles. The van der Waals surface area contributed by atoms with Crippen LogP contribution in [0.1, 0.15) is 0 Å². The molecule has 0 N–H and O–H groups in total. The predicted molar refractivity (Wildman–Crippen MR) is 64.7 cm³/mol. The molecule has 0 aliphatic carbocycles. The normalized spacial score (nSPS) is 10.5. The van der Waals surface area contributed by atoms with Crippen molar-refractivity contribution in [2.45, 2.75) is 0 Å². The quantitative estimate of drug-likeness (QED) is 0.726. The van der Waals surface area contributed by atoms with Gasteiger partial charge in [0.05, 0.1) is 10.0 Å². The number of hydrogen-bond acceptors (Lipinski definition) is 2. The summed E-state index contributed by atoms with van der Waals surface area (Å²) in [6, 6.07) is 5.35. The largest absolute Gasteiger partial charge is 0.440 e. The van der Waals surface area contributed by atoms with Gasteiger partial charge in [-0.05, 0) is 12.1 Å². The highest BCUT2D eigenvalue weighted by Crippen LogP contribution is 2.28. The minimum Gasteiger partial charge on any atom is -0.440 e. The van der Waals surface area contributed by atoms with E-state index in [1.54, 1.807) is 18.4 Å². The highest BCUT2D eigenvalue weighted by Gasteiger charge is 2.06. The Morgan fingerprint density at radius 1 is 1.21 bits per heavy atom. The van der Waals surface area contributed by atoms with Crippen LogP contribution in [0.25, 0.3) is 11.3 Å². The maximum Gasteiger partial charge on any atom is 0.257 e. The lowest BCUT2D eigenvalue weighted by atomic mass is 10.2. The maximum absolute atomic E-state index is 5.88. The molecule has 0 unspecified atom stereocenters. The topological polar surface area (TPSA) is 26.0 Å². The van der Waals surface area contributed by atoms with Crippen LogP contribution in [0.3, 0.4) is 0 Å². The van der Waals surface area contributed by atoms with Gasteiger partial charge in [0.25, 0.3) is 3.90 Å². The van der Waals surface area contributed by atoms with Gasteiger partial charge in [-0.15, -0.1) is 0 Å². The Bertz CT molecular complexity index is 470. The third kappa shape index (κ3) is 2.04. The molecule has 72 valence electrons. The summed E-state index contributed by atoms with van der Waals surface area (Å²) < 4.78 is 5.69. The van der Waals surface area contributed by atoms with Crippen LogP contribution in [0.4, 0.5) is 0 Å². The molecular formula is C9H4Cl2INO. The van der Waals surface area contributed by atoms with Crippen LogP contribution in [-0.4, -0.2) is 4.98 Å². The number of benzene rings is 1. The third-order valence-corrected chi connectivity index (χ3v) is 2.93. The van der Waals surface area contributed by atoms with E-state index in [9.17, 15) is 0 Å². The van der Waals surface area contributed by atoms with E-state index in [1.165, 1.54) is 0 Å². The number of oxazole rings is 1. The molecule has 0 spiro atoms. The zero-order valence-corrected chi connectivity index (χ0v) is 10.5. The van der Waals surface area contributed by atoms with Gasteiger partial charge in [0.15, 0.2) is 0 Å². The average Bonchev–Trinajstić information content (AvgIpc) is 2.57. The highest BCUT2D eigenvalue weighted by molar-refractivity contribution is 14.1. The van der Waals surface area contributed by atoms with Gasteiger partial charge in [0.1, 0.15) is 12.0 Å². The lowest BCUT2D eigenvalue weighted by molar-refractivity contribution is 0.525. The van der Waals surface area contributed by atoms with Crippen molar-refractivity contribution >= 4 is 45.8 Å². The van der Waals surface area contributed by atoms with Crippen molar-refractivity contribution in [2.75, 3.05) is 0 Å². The van der Waals surface area contributed by atoms with Crippen LogP contribution in [0.15, 0.2) is 28.9 Å². The molecule has 1 heterocycles. The Morgan fingerprint density at radius 2 is 2.00 bits per heavy atom. The molecule has 2 aromatic rings. The van der Waals surface area contributed by atoms with Crippen LogP contribution in [0.2, 0.25) is 10.0 Å². The molecule has 0 amide bonds. The van der Waals surface area contributed by atoms with Crippen LogP contribution in [0, 0.1) is 3.90 Å². The summed E-state index contributed by atoms with van der Waals surface area (Å²) in [5.74, 6) is 0. The number of nitrogens with zero attached hydrogens (tertiary/aromatic N) is 1. The van der Waals surface area contributed by atoms with Crippen LogP contribution in [-0.2, 0) is 0 Å². The lowest BCUT2D eigenvalue weighted by Crippen LogP contribution is -1.78. The molecule has 14 heavy (non-hydrogen) atoms. The molecule has 0 fully saturated rings. The predicted octanol–water partition coefficient (Wildman–Crippen LogP) is 4.25. The molecule has 0 aliphatic rings. The van der Waals surface area contributed by atoms with Crippen LogP contribution < -0.4 is 0 Å². The second-order valence-electron chi connectivity index (χ2n) is 2.61. The molecule has 0 saturated heterocycles. The molecule has 0 atom stereocenters. The van der Waals surface area contributed by atoms with Gasteiger partial charge in [0, 0.05) is 28.2 Å². The zero-order valence-electron chi connectivity index (χ0n) is 6.80. The van der Waals surface area contributed by atoms with E-state index in [2.05, 4.69) is 4.98 Å². The SMILES string of the molecule is Clc1ccc(-c2coc(I)n2)cc1Cl. The summed E-state index contributed by atoms with van der Waals surface area (Å²) in [5, 5.41) is 1.05. The third-order valence-electron chi connectivity index (χ3n) is 1.69. The van der Waals surface area contributed by atoms with Gasteiger partial charge in [-0.1, -0.05) is 29.3 Å². The van der Waals surface area contributed by atoms with Crippen molar-refractivity contribution in [1.29, 1.82) is 0 Å². The Morgan fingerprint density at radius 3 is 2.57 bits per heavy atom. The smallest absolute Gasteiger partial charge is 0.257 e. The van der Waals surface area contributed by atoms with Crippen molar-refractivity contribution in [1.82, 2.24) is 4.98 Å². The van der Waals surface area contributed by atoms with Gasteiger partial charge < -0.3 is 4.42 Å². The first-order chi connectivity index (χ1) is 6.66. The minimum absolute atomic E-state index is 0.516. The lowest BCUT2D eigenvalue weighted by Gasteiger charge is -1.98. The molecule has 0 saturated carbocycles. The van der Waals surface area contributed by atoms with Crippen molar-refractivity contribution in [3.05, 3.63) is 38.4 Å². The molecule has 0 radical (unpaired) electrons. The van der Waals surface area contributed by atoms with E-state index in [1.807, 2.05) is 28.7 Å². The van der Waals surface area contributed by atoms with Crippen LogP contribution >= 0.6 is 45.8 Å². The van der Waals surface area contributed by atoms with Gasteiger partial charge in [-0.3, -0.25) is 0 Å². The number of halogens is 3. The highest BCUT2D eigenvalue weighted by atomic mass is 127. The van der Waals surface area contributed by atoms with E-state index < -0.39 is 0 Å². The van der Waals surface area contributed by atoms with Crippen molar-refractivity contribution in [3.63, 3.8) is 0 Å². The molecule has 0 aliphatic heterocycles. The monoisotopic (exact) mass is 339 g/mol. The first-order valence-electron chi connectivity index (χ1n) is 3.73. The van der Waals surface area contributed by atoms with Gasteiger partial charge >= 0.3 is 0 Å². The summed E-state index contributed by atoms with van der Waals surface area (Å²) in [7, 11) is 0.